The topological polar surface area (TPSA) is 108 Å². The van der Waals surface area contributed by atoms with Crippen LogP contribution in [0.5, 0.6) is 0 Å². The molecule has 2 aliphatic heterocycles. The highest BCUT2D eigenvalue weighted by Crippen LogP contribution is 2.40. The first-order valence-corrected chi connectivity index (χ1v) is 14.9. The Hall–Kier alpha value is -4.30. The molecule has 0 spiro atoms. The van der Waals surface area contributed by atoms with Gasteiger partial charge in [-0.15, -0.1) is 0 Å². The molecule has 232 valence electrons. The fourth-order valence-electron chi connectivity index (χ4n) is 6.04. The maximum absolute atomic E-state index is 14.1. The van der Waals surface area contributed by atoms with Crippen LogP contribution in [0.4, 0.5) is 14.9 Å². The maximum atomic E-state index is 14.1. The molecule has 1 aromatic carbocycles. The van der Waals surface area contributed by atoms with Gasteiger partial charge in [0.2, 0.25) is 11.7 Å². The van der Waals surface area contributed by atoms with Crippen LogP contribution in [-0.4, -0.2) is 80.2 Å². The van der Waals surface area contributed by atoms with Gasteiger partial charge in [0.15, 0.2) is 0 Å². The summed E-state index contributed by atoms with van der Waals surface area (Å²) >= 11 is 0. The second-order valence-corrected chi connectivity index (χ2v) is 13.5. The molecule has 44 heavy (non-hydrogen) atoms. The van der Waals surface area contributed by atoms with Gasteiger partial charge >= 0.3 is 6.09 Å². The van der Waals surface area contributed by atoms with E-state index < -0.39 is 11.7 Å². The van der Waals surface area contributed by atoms with E-state index in [4.69, 9.17) is 9.72 Å². The molecule has 1 saturated heterocycles. The van der Waals surface area contributed by atoms with Crippen LogP contribution < -0.4 is 4.90 Å². The maximum Gasteiger partial charge on any atom is 0.410 e. The summed E-state index contributed by atoms with van der Waals surface area (Å²) < 4.78 is 20.9. The van der Waals surface area contributed by atoms with Crippen LogP contribution in [0.2, 0.25) is 0 Å². The van der Waals surface area contributed by atoms with Crippen molar-refractivity contribution in [2.45, 2.75) is 77.6 Å². The number of aromatic nitrogens is 3. The number of anilines is 1. The lowest BCUT2D eigenvalue weighted by Gasteiger charge is -2.45. The standard InChI is InChI=1S/C33H40FN7O3/c1-22-17-39(26(18-38-12-11-36-28(38)15-35)19-40(22)31(43)44-32(2,3)4)20-29(42)41-21-33(5,6)30-27(41)14-24(16-37-30)13-23-7-9-25(34)10-8-23/h7-12,14,16,22,26H,13,17-21H2,1-6H3. The summed E-state index contributed by atoms with van der Waals surface area (Å²) in [5.74, 6) is -0.0731. The zero-order chi connectivity index (χ0) is 31.8. The highest BCUT2D eigenvalue weighted by molar-refractivity contribution is 5.97. The molecule has 3 aromatic rings. The molecule has 11 heteroatoms. The van der Waals surface area contributed by atoms with Crippen molar-refractivity contribution >= 4 is 17.7 Å². The van der Waals surface area contributed by atoms with Crippen LogP contribution in [0.25, 0.3) is 0 Å². The Kier molecular flexibility index (Phi) is 8.49. The first kappa shape index (κ1) is 31.1. The van der Waals surface area contributed by atoms with Gasteiger partial charge in [0.25, 0.3) is 0 Å². The van der Waals surface area contributed by atoms with E-state index in [9.17, 15) is 19.2 Å². The molecule has 0 radical (unpaired) electrons. The second-order valence-electron chi connectivity index (χ2n) is 13.5. The highest BCUT2D eigenvalue weighted by atomic mass is 19.1. The number of amides is 2. The lowest BCUT2D eigenvalue weighted by atomic mass is 9.91. The van der Waals surface area contributed by atoms with E-state index in [0.717, 1.165) is 22.5 Å². The van der Waals surface area contributed by atoms with Gasteiger partial charge in [-0.25, -0.2) is 14.2 Å². The summed E-state index contributed by atoms with van der Waals surface area (Å²) in [7, 11) is 0. The smallest absolute Gasteiger partial charge is 0.410 e. The number of fused-ring (bicyclic) bond motifs is 1. The average Bonchev–Trinajstić information content (AvgIpc) is 3.51. The largest absolute Gasteiger partial charge is 0.444 e. The van der Waals surface area contributed by atoms with E-state index in [1.807, 2.05) is 44.9 Å². The summed E-state index contributed by atoms with van der Waals surface area (Å²) in [6.07, 6.45) is 5.32. The van der Waals surface area contributed by atoms with Gasteiger partial charge in [-0.3, -0.25) is 14.7 Å². The third kappa shape index (κ3) is 6.76. The van der Waals surface area contributed by atoms with Crippen molar-refractivity contribution in [2.24, 2.45) is 0 Å². The fraction of sp³-hybridized carbons (Fsp3) is 0.485. The molecule has 4 heterocycles. The number of hydrogen-bond acceptors (Lipinski definition) is 7. The van der Waals surface area contributed by atoms with Gasteiger partial charge in [0.1, 0.15) is 17.5 Å². The number of nitriles is 1. The van der Waals surface area contributed by atoms with E-state index in [-0.39, 0.29) is 41.6 Å². The van der Waals surface area contributed by atoms with Gasteiger partial charge in [0, 0.05) is 62.3 Å². The van der Waals surface area contributed by atoms with Crippen molar-refractivity contribution in [1.29, 1.82) is 5.26 Å². The number of carbonyl (C=O) groups is 2. The Balaban J connectivity index is 1.39. The molecule has 5 rings (SSSR count). The van der Waals surface area contributed by atoms with Crippen molar-refractivity contribution in [3.63, 3.8) is 0 Å². The molecule has 2 amide bonds. The molecule has 2 aromatic heterocycles. The van der Waals surface area contributed by atoms with Gasteiger partial charge in [0.05, 0.1) is 17.9 Å². The van der Waals surface area contributed by atoms with Crippen molar-refractivity contribution in [2.75, 3.05) is 31.1 Å². The van der Waals surface area contributed by atoms with E-state index >= 15 is 0 Å². The molecule has 1 fully saturated rings. The van der Waals surface area contributed by atoms with Crippen molar-refractivity contribution in [1.82, 2.24) is 24.3 Å². The SMILES string of the molecule is CC1CN(CC(=O)N2CC(C)(C)c3ncc(Cc4ccc(F)cc4)cc32)C(Cn2ccnc2C#N)CN1C(=O)OC(C)(C)C. The number of imidazole rings is 1. The highest BCUT2D eigenvalue weighted by Gasteiger charge is 2.42. The van der Waals surface area contributed by atoms with Gasteiger partial charge in [-0.2, -0.15) is 5.26 Å². The average molecular weight is 602 g/mol. The molecule has 0 bridgehead atoms. The van der Waals surface area contributed by atoms with E-state index in [2.05, 4.69) is 29.8 Å². The van der Waals surface area contributed by atoms with Crippen LogP contribution in [-0.2, 0) is 27.9 Å². The van der Waals surface area contributed by atoms with E-state index in [0.29, 0.717) is 32.6 Å². The van der Waals surface area contributed by atoms with Crippen LogP contribution in [0.3, 0.4) is 0 Å². The number of piperazine rings is 1. The zero-order valence-corrected chi connectivity index (χ0v) is 26.2. The molecule has 0 aliphatic carbocycles. The van der Waals surface area contributed by atoms with E-state index in [1.165, 1.54) is 12.1 Å². The third-order valence-electron chi connectivity index (χ3n) is 8.18. The van der Waals surface area contributed by atoms with Gasteiger partial charge < -0.3 is 19.1 Å². The number of nitrogens with zero attached hydrogens (tertiary/aromatic N) is 7. The minimum atomic E-state index is -0.642. The normalized spacial score (nSPS) is 19.9. The fourth-order valence-corrected chi connectivity index (χ4v) is 6.04. The Morgan fingerprint density at radius 2 is 1.86 bits per heavy atom. The van der Waals surface area contributed by atoms with Crippen LogP contribution in [0, 0.1) is 17.1 Å². The summed E-state index contributed by atoms with van der Waals surface area (Å²) in [5.41, 5.74) is 2.58. The Bertz CT molecular complexity index is 1570. The molecule has 2 atom stereocenters. The van der Waals surface area contributed by atoms with Crippen LogP contribution >= 0.6 is 0 Å². The summed E-state index contributed by atoms with van der Waals surface area (Å²) in [5, 5.41) is 9.56. The lowest BCUT2D eigenvalue weighted by Crippen LogP contribution is -2.62. The van der Waals surface area contributed by atoms with Gasteiger partial charge in [-0.05, 0) is 63.4 Å². The Morgan fingerprint density at radius 3 is 2.55 bits per heavy atom. The lowest BCUT2D eigenvalue weighted by molar-refractivity contribution is -0.121. The summed E-state index contributed by atoms with van der Waals surface area (Å²) in [6, 6.07) is 10.1. The number of carbonyl (C=O) groups excluding carboxylic acids is 2. The number of ether oxygens (including phenoxy) is 1. The Morgan fingerprint density at radius 1 is 1.14 bits per heavy atom. The molecule has 0 saturated carbocycles. The predicted molar refractivity (Wildman–Crippen MR) is 164 cm³/mol. The third-order valence-corrected chi connectivity index (χ3v) is 8.18. The summed E-state index contributed by atoms with van der Waals surface area (Å²) in [4.78, 5) is 41.7. The number of rotatable bonds is 6. The van der Waals surface area contributed by atoms with Crippen LogP contribution in [0.1, 0.15) is 64.2 Å². The first-order chi connectivity index (χ1) is 20.7. The summed E-state index contributed by atoms with van der Waals surface area (Å²) in [6.45, 7) is 13.4. The molecule has 10 nitrogen and oxygen atoms in total. The monoisotopic (exact) mass is 601 g/mol. The van der Waals surface area contributed by atoms with Gasteiger partial charge in [-0.1, -0.05) is 26.0 Å². The van der Waals surface area contributed by atoms with Crippen LogP contribution in [0.15, 0.2) is 48.9 Å². The predicted octanol–water partition coefficient (Wildman–Crippen LogP) is 4.51. The number of pyridine rings is 1. The second kappa shape index (κ2) is 12.0. The number of halogens is 1. The quantitative estimate of drug-likeness (QED) is 0.409. The number of benzene rings is 1. The molecular formula is C33H40FN7O3. The van der Waals surface area contributed by atoms with E-state index in [1.54, 1.807) is 34.0 Å². The minimum absolute atomic E-state index is 0.0633. The minimum Gasteiger partial charge on any atom is -0.444 e. The molecule has 2 aliphatic rings. The van der Waals surface area contributed by atoms with Crippen molar-refractivity contribution in [3.8, 4) is 6.07 Å². The first-order valence-electron chi connectivity index (χ1n) is 14.9. The van der Waals surface area contributed by atoms with Crippen molar-refractivity contribution < 1.29 is 18.7 Å². The molecule has 2 unspecified atom stereocenters. The molecule has 0 N–H and O–H groups in total. The molecular weight excluding hydrogens is 561 g/mol. The zero-order valence-electron chi connectivity index (χ0n) is 26.2. The van der Waals surface area contributed by atoms with Crippen molar-refractivity contribution in [3.05, 3.63) is 77.4 Å². The Labute approximate surface area is 258 Å². The number of hydrogen-bond donors (Lipinski definition) is 0.